The molecule has 0 saturated heterocycles. The van der Waals surface area contributed by atoms with Crippen molar-refractivity contribution in [3.8, 4) is 0 Å². The third-order valence-electron chi connectivity index (χ3n) is 3.65. The van der Waals surface area contributed by atoms with Gasteiger partial charge in [0.25, 0.3) is 0 Å². The zero-order valence-corrected chi connectivity index (χ0v) is 12.8. The Balaban J connectivity index is 1.73. The molecule has 3 aromatic rings. The lowest BCUT2D eigenvalue weighted by atomic mass is 10.1. The summed E-state index contributed by atoms with van der Waals surface area (Å²) >= 11 is 5.91. The summed E-state index contributed by atoms with van der Waals surface area (Å²) in [7, 11) is 0. The number of aliphatic hydroxyl groups excluding tert-OH is 1. The van der Waals surface area contributed by atoms with Crippen molar-refractivity contribution in [1.82, 2.24) is 9.55 Å². The summed E-state index contributed by atoms with van der Waals surface area (Å²) in [5.41, 5.74) is 3.07. The zero-order chi connectivity index (χ0) is 15.4. The summed E-state index contributed by atoms with van der Waals surface area (Å²) < 4.78 is 2.05. The largest absolute Gasteiger partial charge is 0.388 e. The maximum Gasteiger partial charge on any atom is 0.0951 e. The molecule has 0 bridgehead atoms. The summed E-state index contributed by atoms with van der Waals surface area (Å²) in [5, 5.41) is 11.1. The van der Waals surface area contributed by atoms with Crippen LogP contribution in [0.15, 0.2) is 67.1 Å². The lowest BCUT2D eigenvalue weighted by molar-refractivity contribution is 0.176. The molecule has 1 aromatic heterocycles. The highest BCUT2D eigenvalue weighted by Gasteiger charge is 2.11. The van der Waals surface area contributed by atoms with Crippen molar-refractivity contribution in [2.45, 2.75) is 19.1 Å². The molecule has 3 rings (SSSR count). The minimum Gasteiger partial charge on any atom is -0.388 e. The van der Waals surface area contributed by atoms with E-state index in [4.69, 9.17) is 11.6 Å². The van der Waals surface area contributed by atoms with Crippen LogP contribution in [0, 0.1) is 0 Å². The summed E-state index contributed by atoms with van der Waals surface area (Å²) in [6.45, 7) is 0.716. The fourth-order valence-corrected chi connectivity index (χ4v) is 2.56. The first-order valence-electron chi connectivity index (χ1n) is 7.19. The van der Waals surface area contributed by atoms with Crippen molar-refractivity contribution in [3.63, 3.8) is 0 Å². The third-order valence-corrected chi connectivity index (χ3v) is 3.90. The van der Waals surface area contributed by atoms with Crippen molar-refractivity contribution < 1.29 is 5.11 Å². The van der Waals surface area contributed by atoms with Crippen LogP contribution in [0.25, 0.3) is 0 Å². The zero-order valence-electron chi connectivity index (χ0n) is 12.1. The van der Waals surface area contributed by atoms with E-state index in [9.17, 15) is 5.11 Å². The Morgan fingerprint density at radius 2 is 1.77 bits per heavy atom. The van der Waals surface area contributed by atoms with Gasteiger partial charge in [-0.15, -0.1) is 0 Å². The molecule has 0 aliphatic rings. The Kier molecular flexibility index (Phi) is 4.56. The van der Waals surface area contributed by atoms with Gasteiger partial charge in [0, 0.05) is 29.9 Å². The number of imidazole rings is 1. The molecule has 0 fully saturated rings. The fourth-order valence-electron chi connectivity index (χ4n) is 2.44. The van der Waals surface area contributed by atoms with Crippen molar-refractivity contribution in [1.29, 1.82) is 0 Å². The minimum atomic E-state index is -0.526. The van der Waals surface area contributed by atoms with Gasteiger partial charge < -0.3 is 9.67 Å². The first-order chi connectivity index (χ1) is 10.7. The highest BCUT2D eigenvalue weighted by Crippen LogP contribution is 2.19. The van der Waals surface area contributed by atoms with Crippen molar-refractivity contribution >= 4 is 11.6 Å². The molecule has 0 spiro atoms. The second kappa shape index (κ2) is 6.77. The van der Waals surface area contributed by atoms with Crippen LogP contribution in [0.4, 0.5) is 0 Å². The standard InChI is InChI=1S/C18H17ClN2O/c19-16-8-6-14(7-9-16)12-21-13-20-11-17(21)10-18(22)15-4-2-1-3-5-15/h1-9,11,13,18,22H,10,12H2. The Labute approximate surface area is 134 Å². The molecular formula is C18H17ClN2O. The summed E-state index contributed by atoms with van der Waals surface area (Å²) in [6, 6.07) is 17.4. The van der Waals surface area contributed by atoms with E-state index < -0.39 is 6.10 Å². The number of aromatic nitrogens is 2. The number of nitrogens with zero attached hydrogens (tertiary/aromatic N) is 2. The van der Waals surface area contributed by atoms with Gasteiger partial charge in [-0.05, 0) is 23.3 Å². The van der Waals surface area contributed by atoms with Gasteiger partial charge >= 0.3 is 0 Å². The predicted octanol–water partition coefficient (Wildman–Crippen LogP) is 3.86. The van der Waals surface area contributed by atoms with Crippen LogP contribution in [-0.2, 0) is 13.0 Å². The third kappa shape index (κ3) is 3.56. The van der Waals surface area contributed by atoms with Gasteiger partial charge in [0.15, 0.2) is 0 Å². The number of hydrogen-bond donors (Lipinski definition) is 1. The topological polar surface area (TPSA) is 38.1 Å². The quantitative estimate of drug-likeness (QED) is 0.777. The first kappa shape index (κ1) is 14.8. The summed E-state index contributed by atoms with van der Waals surface area (Å²) in [6.07, 6.45) is 3.61. The Hall–Kier alpha value is -2.10. The molecule has 1 unspecified atom stereocenters. The smallest absolute Gasteiger partial charge is 0.0951 e. The molecule has 0 amide bonds. The molecular weight excluding hydrogens is 296 g/mol. The molecule has 4 heteroatoms. The number of aliphatic hydroxyl groups is 1. The van der Waals surface area contributed by atoms with Crippen LogP contribution in [0.5, 0.6) is 0 Å². The van der Waals surface area contributed by atoms with E-state index >= 15 is 0 Å². The number of hydrogen-bond acceptors (Lipinski definition) is 2. The maximum atomic E-state index is 10.4. The molecule has 0 aliphatic carbocycles. The van der Waals surface area contributed by atoms with E-state index in [2.05, 4.69) is 9.55 Å². The lowest BCUT2D eigenvalue weighted by Gasteiger charge is -2.13. The second-order valence-electron chi connectivity index (χ2n) is 5.27. The predicted molar refractivity (Wildman–Crippen MR) is 87.9 cm³/mol. The molecule has 0 aliphatic heterocycles. The minimum absolute atomic E-state index is 0.526. The Morgan fingerprint density at radius 3 is 2.50 bits per heavy atom. The molecule has 1 atom stereocenters. The van der Waals surface area contributed by atoms with E-state index in [0.29, 0.717) is 13.0 Å². The number of benzene rings is 2. The van der Waals surface area contributed by atoms with E-state index in [1.54, 1.807) is 6.33 Å². The van der Waals surface area contributed by atoms with Crippen LogP contribution in [-0.4, -0.2) is 14.7 Å². The van der Waals surface area contributed by atoms with Gasteiger partial charge in [0.05, 0.1) is 12.4 Å². The average molecular weight is 313 g/mol. The lowest BCUT2D eigenvalue weighted by Crippen LogP contribution is -2.08. The number of halogens is 1. The van der Waals surface area contributed by atoms with Gasteiger partial charge in [0.2, 0.25) is 0 Å². The Bertz CT molecular complexity index is 722. The van der Waals surface area contributed by atoms with Crippen LogP contribution >= 0.6 is 11.6 Å². The van der Waals surface area contributed by atoms with Crippen molar-refractivity contribution in [2.75, 3.05) is 0 Å². The van der Waals surface area contributed by atoms with Crippen molar-refractivity contribution in [3.05, 3.63) is 89.0 Å². The first-order valence-corrected chi connectivity index (χ1v) is 7.56. The molecule has 1 N–H and O–H groups in total. The number of rotatable bonds is 5. The second-order valence-corrected chi connectivity index (χ2v) is 5.71. The molecule has 0 saturated carbocycles. The molecule has 3 nitrogen and oxygen atoms in total. The summed E-state index contributed by atoms with van der Waals surface area (Å²) in [4.78, 5) is 4.21. The van der Waals surface area contributed by atoms with Crippen LogP contribution in [0.3, 0.4) is 0 Å². The van der Waals surface area contributed by atoms with E-state index in [-0.39, 0.29) is 0 Å². The van der Waals surface area contributed by atoms with Gasteiger partial charge in [0.1, 0.15) is 0 Å². The van der Waals surface area contributed by atoms with Crippen LogP contribution in [0.1, 0.15) is 22.9 Å². The monoisotopic (exact) mass is 312 g/mol. The maximum absolute atomic E-state index is 10.4. The SMILES string of the molecule is OC(Cc1cncn1Cc1ccc(Cl)cc1)c1ccccc1. The highest BCUT2D eigenvalue weighted by atomic mass is 35.5. The molecule has 0 radical (unpaired) electrons. The summed E-state index contributed by atoms with van der Waals surface area (Å²) in [5.74, 6) is 0. The van der Waals surface area contributed by atoms with Gasteiger partial charge in [-0.2, -0.15) is 0 Å². The van der Waals surface area contributed by atoms with Gasteiger partial charge in [-0.1, -0.05) is 54.1 Å². The van der Waals surface area contributed by atoms with E-state index in [1.165, 1.54) is 0 Å². The molecule has 112 valence electrons. The molecule has 1 heterocycles. The van der Waals surface area contributed by atoms with Crippen molar-refractivity contribution in [2.24, 2.45) is 0 Å². The van der Waals surface area contributed by atoms with Gasteiger partial charge in [-0.25, -0.2) is 4.98 Å². The average Bonchev–Trinajstić information content (AvgIpc) is 2.97. The van der Waals surface area contributed by atoms with Gasteiger partial charge in [-0.3, -0.25) is 0 Å². The molecule has 2 aromatic carbocycles. The normalized spacial score (nSPS) is 12.3. The highest BCUT2D eigenvalue weighted by molar-refractivity contribution is 6.30. The van der Waals surface area contributed by atoms with Crippen LogP contribution < -0.4 is 0 Å². The van der Waals surface area contributed by atoms with E-state index in [0.717, 1.165) is 21.8 Å². The fraction of sp³-hybridized carbons (Fsp3) is 0.167. The van der Waals surface area contributed by atoms with Crippen LogP contribution in [0.2, 0.25) is 5.02 Å². The Morgan fingerprint density at radius 1 is 1.05 bits per heavy atom. The van der Waals surface area contributed by atoms with E-state index in [1.807, 2.05) is 60.8 Å². The molecule has 22 heavy (non-hydrogen) atoms.